The van der Waals surface area contributed by atoms with Gasteiger partial charge in [-0.1, -0.05) is 35.1 Å². The number of hydrogen-bond donors (Lipinski definition) is 0. The number of thiazole rings is 1. The number of nitrogens with zero attached hydrogens (tertiary/aromatic N) is 3. The van der Waals surface area contributed by atoms with Gasteiger partial charge in [-0.3, -0.25) is 9.69 Å². The van der Waals surface area contributed by atoms with Crippen LogP contribution in [-0.2, 0) is 14.6 Å². The largest absolute Gasteiger partial charge is 0.309 e. The van der Waals surface area contributed by atoms with E-state index in [0.717, 1.165) is 34.3 Å². The van der Waals surface area contributed by atoms with Crippen molar-refractivity contribution < 1.29 is 13.2 Å². The number of aryl methyl sites for hydroxylation is 3. The van der Waals surface area contributed by atoms with Crippen LogP contribution < -0.4 is 4.90 Å². The van der Waals surface area contributed by atoms with Gasteiger partial charge >= 0.3 is 0 Å². The van der Waals surface area contributed by atoms with Crippen molar-refractivity contribution in [1.82, 2.24) is 9.88 Å². The predicted octanol–water partition coefficient (Wildman–Crippen LogP) is 4.76. The number of anilines is 1. The predicted molar refractivity (Wildman–Crippen MR) is 137 cm³/mol. The van der Waals surface area contributed by atoms with E-state index in [0.29, 0.717) is 16.6 Å². The Morgan fingerprint density at radius 3 is 2.33 bits per heavy atom. The summed E-state index contributed by atoms with van der Waals surface area (Å²) in [6.07, 6.45) is 1.26. The van der Waals surface area contributed by atoms with E-state index in [1.54, 1.807) is 29.2 Å². The van der Waals surface area contributed by atoms with Crippen LogP contribution in [0.2, 0.25) is 0 Å². The lowest BCUT2D eigenvalue weighted by Gasteiger charge is -2.21. The van der Waals surface area contributed by atoms with E-state index < -0.39 is 9.84 Å². The molecule has 2 aromatic carbocycles. The topological polar surface area (TPSA) is 70.6 Å². The molecule has 1 heterocycles. The molecule has 1 aromatic heterocycles. The van der Waals surface area contributed by atoms with Crippen LogP contribution >= 0.6 is 11.3 Å². The summed E-state index contributed by atoms with van der Waals surface area (Å²) in [7, 11) is 0.599. The van der Waals surface area contributed by atoms with E-state index in [1.165, 1.54) is 16.9 Å². The summed E-state index contributed by atoms with van der Waals surface area (Å²) in [5.74, 6) is -0.132. The monoisotopic (exact) mass is 487 g/mol. The molecule has 6 nitrogen and oxygen atoms in total. The Bertz CT molecular complexity index is 1220. The zero-order valence-corrected chi connectivity index (χ0v) is 21.7. The van der Waals surface area contributed by atoms with Crippen LogP contribution in [0.1, 0.15) is 36.0 Å². The maximum absolute atomic E-state index is 13.2. The molecule has 0 radical (unpaired) electrons. The van der Waals surface area contributed by atoms with Crippen LogP contribution in [0.15, 0.2) is 41.3 Å². The number of carbonyl (C=O) groups excluding carboxylic acids is 1. The molecule has 0 aliphatic carbocycles. The van der Waals surface area contributed by atoms with Crippen LogP contribution in [0, 0.1) is 20.8 Å². The van der Waals surface area contributed by atoms with Crippen molar-refractivity contribution in [2.75, 3.05) is 37.8 Å². The van der Waals surface area contributed by atoms with Crippen LogP contribution in [-0.4, -0.2) is 57.1 Å². The molecule has 178 valence electrons. The minimum absolute atomic E-state index is 0.0501. The number of carbonyl (C=O) groups is 1. The van der Waals surface area contributed by atoms with Crippen molar-refractivity contribution in [2.24, 2.45) is 0 Å². The quantitative estimate of drug-likeness (QED) is 0.412. The average Bonchev–Trinajstić information content (AvgIpc) is 3.15. The highest BCUT2D eigenvalue weighted by Crippen LogP contribution is 2.32. The van der Waals surface area contributed by atoms with Gasteiger partial charge in [-0.15, -0.1) is 0 Å². The molecule has 3 rings (SSSR count). The minimum Gasteiger partial charge on any atom is -0.309 e. The zero-order chi connectivity index (χ0) is 24.2. The Morgan fingerprint density at radius 1 is 0.970 bits per heavy atom. The maximum Gasteiger partial charge on any atom is 0.228 e. The first-order chi connectivity index (χ1) is 15.6. The Morgan fingerprint density at radius 2 is 1.67 bits per heavy atom. The molecule has 0 saturated heterocycles. The van der Waals surface area contributed by atoms with Gasteiger partial charge in [0, 0.05) is 13.0 Å². The third-order valence-electron chi connectivity index (χ3n) is 5.52. The van der Waals surface area contributed by atoms with Crippen LogP contribution in [0.4, 0.5) is 5.13 Å². The van der Waals surface area contributed by atoms with E-state index in [1.807, 2.05) is 27.9 Å². The molecule has 0 aliphatic heterocycles. The zero-order valence-electron chi connectivity index (χ0n) is 20.1. The smallest absolute Gasteiger partial charge is 0.228 e. The van der Waals surface area contributed by atoms with E-state index in [9.17, 15) is 13.2 Å². The normalized spacial score (nSPS) is 11.9. The lowest BCUT2D eigenvalue weighted by Crippen LogP contribution is -2.33. The fourth-order valence-corrected chi connectivity index (χ4v) is 6.25. The van der Waals surface area contributed by atoms with Gasteiger partial charge in [-0.2, -0.15) is 0 Å². The summed E-state index contributed by atoms with van der Waals surface area (Å²) in [5, 5.41) is 0.684. The Labute approximate surface area is 201 Å². The second kappa shape index (κ2) is 10.8. The summed E-state index contributed by atoms with van der Waals surface area (Å²) >= 11 is 1.52. The number of rotatable bonds is 10. The van der Waals surface area contributed by atoms with Crippen molar-refractivity contribution in [2.45, 2.75) is 44.9 Å². The van der Waals surface area contributed by atoms with Crippen molar-refractivity contribution in [3.8, 4) is 0 Å². The van der Waals surface area contributed by atoms with Gasteiger partial charge in [0.1, 0.15) is 0 Å². The van der Waals surface area contributed by atoms with Crippen molar-refractivity contribution in [1.29, 1.82) is 0 Å². The molecule has 0 atom stereocenters. The van der Waals surface area contributed by atoms with E-state index >= 15 is 0 Å². The molecule has 8 heteroatoms. The number of hydrogen-bond acceptors (Lipinski definition) is 6. The molecular formula is C25H33N3O3S2. The number of amides is 1. The van der Waals surface area contributed by atoms with Gasteiger partial charge < -0.3 is 4.90 Å². The van der Waals surface area contributed by atoms with Gasteiger partial charge in [0.05, 0.1) is 20.9 Å². The highest BCUT2D eigenvalue weighted by atomic mass is 32.2. The average molecular weight is 488 g/mol. The maximum atomic E-state index is 13.2. The van der Waals surface area contributed by atoms with E-state index in [4.69, 9.17) is 4.98 Å². The molecule has 0 bridgehead atoms. The molecule has 0 fully saturated rings. The van der Waals surface area contributed by atoms with Crippen LogP contribution in [0.25, 0.3) is 10.2 Å². The number of aromatic nitrogens is 1. The second-order valence-electron chi connectivity index (χ2n) is 8.86. The van der Waals surface area contributed by atoms with Gasteiger partial charge in [-0.25, -0.2) is 13.4 Å². The third-order valence-corrected chi connectivity index (χ3v) is 8.36. The molecule has 1 amide bonds. The second-order valence-corrected chi connectivity index (χ2v) is 12.0. The molecule has 0 aliphatic rings. The third kappa shape index (κ3) is 6.62. The van der Waals surface area contributed by atoms with Crippen LogP contribution in [0.3, 0.4) is 0 Å². The van der Waals surface area contributed by atoms with Gasteiger partial charge in [-0.05, 0) is 83.6 Å². The number of benzene rings is 2. The highest BCUT2D eigenvalue weighted by molar-refractivity contribution is 7.91. The summed E-state index contributed by atoms with van der Waals surface area (Å²) in [6.45, 7) is 7.42. The lowest BCUT2D eigenvalue weighted by molar-refractivity contribution is -0.118. The standard InChI is InChI=1S/C25H33N3O3S2/c1-18-9-11-21(12-10-18)33(30,31)15-6-8-23(29)28(14-7-13-27(4)5)25-26-24-20(3)16-19(2)17-22(24)32-25/h9-12,16-17H,6-8,13-15H2,1-5H3. The number of sulfone groups is 1. The van der Waals surface area contributed by atoms with Crippen LogP contribution in [0.5, 0.6) is 0 Å². The summed E-state index contributed by atoms with van der Waals surface area (Å²) in [6, 6.07) is 11.0. The van der Waals surface area contributed by atoms with Crippen molar-refractivity contribution >= 4 is 42.4 Å². The summed E-state index contributed by atoms with van der Waals surface area (Å²) < 4.78 is 26.4. The Balaban J connectivity index is 1.74. The lowest BCUT2D eigenvalue weighted by atomic mass is 10.1. The molecule has 0 spiro atoms. The van der Waals surface area contributed by atoms with Crippen molar-refractivity contribution in [3.05, 3.63) is 53.1 Å². The number of fused-ring (bicyclic) bond motifs is 1. The first kappa shape index (κ1) is 25.3. The Kier molecular flexibility index (Phi) is 8.26. The fraction of sp³-hybridized carbons (Fsp3) is 0.440. The first-order valence-electron chi connectivity index (χ1n) is 11.2. The van der Waals surface area contributed by atoms with Gasteiger partial charge in [0.25, 0.3) is 0 Å². The van der Waals surface area contributed by atoms with Crippen molar-refractivity contribution in [3.63, 3.8) is 0 Å². The molecular weight excluding hydrogens is 454 g/mol. The fourth-order valence-electron chi connectivity index (χ4n) is 3.76. The summed E-state index contributed by atoms with van der Waals surface area (Å²) in [5.41, 5.74) is 4.20. The summed E-state index contributed by atoms with van der Waals surface area (Å²) in [4.78, 5) is 22.1. The molecule has 33 heavy (non-hydrogen) atoms. The van der Waals surface area contributed by atoms with E-state index in [-0.39, 0.29) is 24.5 Å². The molecule has 3 aromatic rings. The highest BCUT2D eigenvalue weighted by Gasteiger charge is 2.22. The van der Waals surface area contributed by atoms with Gasteiger partial charge in [0.15, 0.2) is 15.0 Å². The van der Waals surface area contributed by atoms with E-state index in [2.05, 4.69) is 24.0 Å². The SMILES string of the molecule is Cc1ccc(S(=O)(=O)CCCC(=O)N(CCCN(C)C)c2nc3c(C)cc(C)cc3s2)cc1. The Hall–Kier alpha value is -2.29. The molecule has 0 unspecified atom stereocenters. The first-order valence-corrected chi connectivity index (χ1v) is 13.7. The molecule has 0 N–H and O–H groups in total. The molecule has 0 saturated carbocycles. The van der Waals surface area contributed by atoms with Gasteiger partial charge in [0.2, 0.25) is 5.91 Å². The minimum atomic E-state index is -3.41.